The molecule has 208 valence electrons. The summed E-state index contributed by atoms with van der Waals surface area (Å²) >= 11 is 0. The first-order valence-electron chi connectivity index (χ1n) is 13.8. The van der Waals surface area contributed by atoms with Crippen molar-refractivity contribution < 1.29 is 4.79 Å². The molecule has 1 aliphatic rings. The number of aliphatic imine (C=N–C) groups is 1. The van der Waals surface area contributed by atoms with Crippen molar-refractivity contribution in [2.75, 3.05) is 6.54 Å². The quantitative estimate of drug-likeness (QED) is 0.336. The zero-order valence-electron chi connectivity index (χ0n) is 24.5. The number of nitrogens with one attached hydrogen (secondary N) is 1. The van der Waals surface area contributed by atoms with Crippen LogP contribution in [0.15, 0.2) is 84.2 Å². The number of aromatic nitrogens is 1. The van der Waals surface area contributed by atoms with Crippen LogP contribution in [0.1, 0.15) is 81.4 Å². The second-order valence-corrected chi connectivity index (χ2v) is 11.9. The van der Waals surface area contributed by atoms with Gasteiger partial charge in [0.05, 0.1) is 6.54 Å². The predicted molar refractivity (Wildman–Crippen MR) is 162 cm³/mol. The zero-order chi connectivity index (χ0) is 28.6. The monoisotopic (exact) mass is 527 g/mol. The second kappa shape index (κ2) is 12.9. The van der Waals surface area contributed by atoms with Crippen molar-refractivity contribution in [1.82, 2.24) is 15.2 Å². The minimum Gasteiger partial charge on any atom is -0.370 e. The highest BCUT2D eigenvalue weighted by atomic mass is 16.1. The summed E-state index contributed by atoms with van der Waals surface area (Å²) in [6.45, 7) is 18.9. The number of nitrogens with zero attached hydrogens (tertiary/aromatic N) is 3. The van der Waals surface area contributed by atoms with Gasteiger partial charge < -0.3 is 16.0 Å². The molecule has 6 heteroatoms. The third kappa shape index (κ3) is 7.92. The number of nitrogens with two attached hydrogens (primary N) is 1. The molecule has 0 unspecified atom stereocenters. The molecule has 39 heavy (non-hydrogen) atoms. The van der Waals surface area contributed by atoms with E-state index in [4.69, 9.17) is 10.7 Å². The molecule has 0 aliphatic carbocycles. The Bertz CT molecular complexity index is 1240. The van der Waals surface area contributed by atoms with E-state index in [1.54, 1.807) is 12.4 Å². The molecule has 0 radical (unpaired) electrons. The maximum atomic E-state index is 13.4. The highest BCUT2D eigenvalue weighted by Crippen LogP contribution is 2.35. The first-order valence-corrected chi connectivity index (χ1v) is 13.8. The van der Waals surface area contributed by atoms with E-state index in [1.807, 2.05) is 49.4 Å². The van der Waals surface area contributed by atoms with Crippen LogP contribution in [0.5, 0.6) is 0 Å². The molecular formula is C33H45N5O. The van der Waals surface area contributed by atoms with Crippen molar-refractivity contribution in [3.8, 4) is 0 Å². The molecule has 1 atom stereocenters. The van der Waals surface area contributed by atoms with E-state index in [-0.39, 0.29) is 11.3 Å². The Kier molecular flexibility index (Phi) is 9.90. The largest absolute Gasteiger partial charge is 0.370 e. The van der Waals surface area contributed by atoms with Gasteiger partial charge in [0.2, 0.25) is 0 Å². The SMILES string of the molecule is C=C(/C=C\C=C/C)[C@]1(CCC(C)C)CN(Cc2ccc(C(C)(C)C)c(C(=O)NCc3cccnc3)c2)C(N)=N1. The molecule has 0 saturated carbocycles. The molecule has 1 aliphatic heterocycles. The summed E-state index contributed by atoms with van der Waals surface area (Å²) in [5.41, 5.74) is 10.5. The molecule has 6 nitrogen and oxygen atoms in total. The van der Waals surface area contributed by atoms with Crippen LogP contribution >= 0.6 is 0 Å². The van der Waals surface area contributed by atoms with E-state index in [2.05, 4.69) is 68.5 Å². The number of benzene rings is 1. The average molecular weight is 528 g/mol. The Balaban J connectivity index is 1.85. The smallest absolute Gasteiger partial charge is 0.251 e. The fourth-order valence-corrected chi connectivity index (χ4v) is 4.83. The third-order valence-electron chi connectivity index (χ3n) is 7.12. The molecular weight excluding hydrogens is 482 g/mol. The molecule has 0 spiro atoms. The van der Waals surface area contributed by atoms with Gasteiger partial charge in [0.25, 0.3) is 5.91 Å². The third-order valence-corrected chi connectivity index (χ3v) is 7.12. The van der Waals surface area contributed by atoms with Crippen LogP contribution in [-0.4, -0.2) is 33.8 Å². The van der Waals surface area contributed by atoms with Gasteiger partial charge in [-0.1, -0.05) is 83.7 Å². The van der Waals surface area contributed by atoms with Gasteiger partial charge in [-0.05, 0) is 65.5 Å². The summed E-state index contributed by atoms with van der Waals surface area (Å²) in [7, 11) is 0. The summed E-state index contributed by atoms with van der Waals surface area (Å²) in [6, 6.07) is 10.00. The molecule has 2 heterocycles. The van der Waals surface area contributed by atoms with Crippen molar-refractivity contribution in [2.45, 2.75) is 78.4 Å². The van der Waals surface area contributed by atoms with Crippen LogP contribution in [0.2, 0.25) is 0 Å². The highest BCUT2D eigenvalue weighted by Gasteiger charge is 2.40. The van der Waals surface area contributed by atoms with Crippen LogP contribution in [-0.2, 0) is 18.5 Å². The van der Waals surface area contributed by atoms with Crippen molar-refractivity contribution >= 4 is 11.9 Å². The zero-order valence-corrected chi connectivity index (χ0v) is 24.5. The van der Waals surface area contributed by atoms with Gasteiger partial charge in [0.1, 0.15) is 5.54 Å². The maximum absolute atomic E-state index is 13.4. The summed E-state index contributed by atoms with van der Waals surface area (Å²) in [6.07, 6.45) is 13.5. The van der Waals surface area contributed by atoms with Crippen LogP contribution in [0, 0.1) is 5.92 Å². The Morgan fingerprint density at radius 2 is 2.00 bits per heavy atom. The molecule has 0 fully saturated rings. The van der Waals surface area contributed by atoms with Crippen LogP contribution in [0.4, 0.5) is 0 Å². The van der Waals surface area contributed by atoms with Crippen molar-refractivity contribution in [3.63, 3.8) is 0 Å². The minimum absolute atomic E-state index is 0.0949. The molecule has 1 aromatic carbocycles. The van der Waals surface area contributed by atoms with Gasteiger partial charge in [0.15, 0.2) is 5.96 Å². The number of hydrogen-bond donors (Lipinski definition) is 2. The number of rotatable bonds is 11. The first-order chi connectivity index (χ1) is 18.4. The lowest BCUT2D eigenvalue weighted by Gasteiger charge is -2.30. The molecule has 3 N–H and O–H groups in total. The van der Waals surface area contributed by atoms with Crippen molar-refractivity contribution in [1.29, 1.82) is 0 Å². The Morgan fingerprint density at radius 3 is 2.64 bits per heavy atom. The lowest BCUT2D eigenvalue weighted by Crippen LogP contribution is -2.39. The lowest BCUT2D eigenvalue weighted by atomic mass is 9.82. The fourth-order valence-electron chi connectivity index (χ4n) is 4.83. The fraction of sp³-hybridized carbons (Fsp3) is 0.424. The van der Waals surface area contributed by atoms with Gasteiger partial charge in [-0.25, -0.2) is 4.99 Å². The molecule has 1 aromatic heterocycles. The number of pyridine rings is 1. The topological polar surface area (TPSA) is 83.6 Å². The van der Waals surface area contributed by atoms with Gasteiger partial charge in [-0.2, -0.15) is 0 Å². The van der Waals surface area contributed by atoms with Gasteiger partial charge in [-0.15, -0.1) is 0 Å². The molecule has 0 saturated heterocycles. The number of allylic oxidation sites excluding steroid dienone is 3. The molecule has 1 amide bonds. The van der Waals surface area contributed by atoms with Gasteiger partial charge >= 0.3 is 0 Å². The van der Waals surface area contributed by atoms with E-state index < -0.39 is 5.54 Å². The summed E-state index contributed by atoms with van der Waals surface area (Å²) in [5, 5.41) is 3.07. The van der Waals surface area contributed by atoms with E-state index in [9.17, 15) is 4.79 Å². The number of guanidine groups is 1. The number of amides is 1. The highest BCUT2D eigenvalue weighted by molar-refractivity contribution is 5.96. The average Bonchev–Trinajstić information content (AvgIpc) is 3.22. The summed E-state index contributed by atoms with van der Waals surface area (Å²) < 4.78 is 0. The van der Waals surface area contributed by atoms with Crippen molar-refractivity contribution in [3.05, 3.63) is 101 Å². The van der Waals surface area contributed by atoms with Gasteiger partial charge in [0, 0.05) is 31.0 Å². The van der Waals surface area contributed by atoms with E-state index in [0.29, 0.717) is 37.1 Å². The summed E-state index contributed by atoms with van der Waals surface area (Å²) in [4.78, 5) is 24.6. The predicted octanol–water partition coefficient (Wildman–Crippen LogP) is 6.30. The van der Waals surface area contributed by atoms with E-state index >= 15 is 0 Å². The van der Waals surface area contributed by atoms with Crippen molar-refractivity contribution in [2.24, 2.45) is 16.6 Å². The standard InChI is InChI=1S/C33H45N5O/c1-8-9-10-12-25(4)33(17-16-24(2)3)23-38(31(34)37-33)22-26-14-15-29(32(5,6)7)28(19-26)30(39)36-21-27-13-11-18-35-20-27/h8-15,18-20,24H,4,16-17,21-23H2,1-3,5-7H3,(H2,34,37)(H,36,39)/b9-8-,12-10-/t33-/m0/s1. The Morgan fingerprint density at radius 1 is 1.23 bits per heavy atom. The molecule has 2 aromatic rings. The van der Waals surface area contributed by atoms with E-state index in [0.717, 1.165) is 35.1 Å². The van der Waals surface area contributed by atoms with Crippen LogP contribution in [0.3, 0.4) is 0 Å². The lowest BCUT2D eigenvalue weighted by molar-refractivity contribution is 0.0948. The Hall–Kier alpha value is -3.67. The number of hydrogen-bond acceptors (Lipinski definition) is 5. The first kappa shape index (κ1) is 29.9. The van der Waals surface area contributed by atoms with Gasteiger partial charge in [-0.3, -0.25) is 9.78 Å². The molecule has 3 rings (SSSR count). The minimum atomic E-state index is -0.457. The maximum Gasteiger partial charge on any atom is 0.251 e. The van der Waals surface area contributed by atoms with Crippen LogP contribution < -0.4 is 11.1 Å². The molecule has 0 bridgehead atoms. The second-order valence-electron chi connectivity index (χ2n) is 11.9. The number of carbonyl (C=O) groups excluding carboxylic acids is 1. The summed E-state index contributed by atoms with van der Waals surface area (Å²) in [5.74, 6) is 0.974. The number of carbonyl (C=O) groups is 1. The van der Waals surface area contributed by atoms with Crippen LogP contribution in [0.25, 0.3) is 0 Å². The normalized spacial score (nSPS) is 17.8. The Labute approximate surface area is 234 Å². The van der Waals surface area contributed by atoms with E-state index in [1.165, 1.54) is 0 Å².